The van der Waals surface area contributed by atoms with Crippen LogP contribution in [0.25, 0.3) is 0 Å². The lowest BCUT2D eigenvalue weighted by molar-refractivity contribution is -0.115. The maximum atomic E-state index is 11.3. The Kier molecular flexibility index (Phi) is 4.65. The van der Waals surface area contributed by atoms with Gasteiger partial charge in [-0.2, -0.15) is 0 Å². The van der Waals surface area contributed by atoms with Crippen LogP contribution in [0.1, 0.15) is 0 Å². The highest BCUT2D eigenvalue weighted by atomic mass is 35.5. The van der Waals surface area contributed by atoms with Crippen molar-refractivity contribution in [3.8, 4) is 18.1 Å². The lowest BCUT2D eigenvalue weighted by atomic mass is 10.3. The molecule has 0 heterocycles. The van der Waals surface area contributed by atoms with Gasteiger partial charge in [-0.25, -0.2) is 0 Å². The molecular formula is C11H11ClN2O2. The van der Waals surface area contributed by atoms with Crippen molar-refractivity contribution < 1.29 is 9.90 Å². The van der Waals surface area contributed by atoms with Crippen molar-refractivity contribution in [1.29, 1.82) is 0 Å². The summed E-state index contributed by atoms with van der Waals surface area (Å²) in [6.45, 7) is 0.465. The molecule has 0 spiro atoms. The van der Waals surface area contributed by atoms with Gasteiger partial charge in [0.25, 0.3) is 0 Å². The monoisotopic (exact) mass is 238 g/mol. The maximum absolute atomic E-state index is 11.3. The first-order valence-corrected chi connectivity index (χ1v) is 4.94. The molecule has 0 aromatic heterocycles. The molecule has 5 heteroatoms. The molecule has 1 rings (SSSR count). The summed E-state index contributed by atoms with van der Waals surface area (Å²) >= 11 is 5.68. The summed E-state index contributed by atoms with van der Waals surface area (Å²) in [6.07, 6.45) is 5.01. The highest BCUT2D eigenvalue weighted by Gasteiger charge is 2.03. The third kappa shape index (κ3) is 3.81. The molecule has 4 nitrogen and oxygen atoms in total. The van der Waals surface area contributed by atoms with E-state index in [-0.39, 0.29) is 23.2 Å². The molecule has 0 saturated carbocycles. The molecule has 0 unspecified atom stereocenters. The van der Waals surface area contributed by atoms with Gasteiger partial charge in [0, 0.05) is 5.69 Å². The zero-order chi connectivity index (χ0) is 12.0. The van der Waals surface area contributed by atoms with E-state index >= 15 is 0 Å². The zero-order valence-corrected chi connectivity index (χ0v) is 9.21. The van der Waals surface area contributed by atoms with E-state index < -0.39 is 0 Å². The zero-order valence-electron chi connectivity index (χ0n) is 8.46. The van der Waals surface area contributed by atoms with Gasteiger partial charge >= 0.3 is 0 Å². The Labute approximate surface area is 98.6 Å². The van der Waals surface area contributed by atoms with E-state index in [4.69, 9.17) is 18.0 Å². The summed E-state index contributed by atoms with van der Waals surface area (Å²) in [4.78, 5) is 11.3. The van der Waals surface area contributed by atoms with Crippen LogP contribution in [-0.4, -0.2) is 24.1 Å². The molecule has 3 N–H and O–H groups in total. The summed E-state index contributed by atoms with van der Waals surface area (Å²) < 4.78 is 0. The summed E-state index contributed by atoms with van der Waals surface area (Å²) in [5, 5.41) is 14.7. The second kappa shape index (κ2) is 6.01. The second-order valence-electron chi connectivity index (χ2n) is 3.02. The molecule has 1 aromatic rings. The first-order valence-electron chi connectivity index (χ1n) is 4.56. The fourth-order valence-electron chi connectivity index (χ4n) is 1.04. The normalized spacial score (nSPS) is 9.50. The third-order valence-corrected chi connectivity index (χ3v) is 2.05. The molecule has 0 aliphatic rings. The number of hydrogen-bond acceptors (Lipinski definition) is 3. The maximum Gasteiger partial charge on any atom is 0.238 e. The third-order valence-electron chi connectivity index (χ3n) is 1.74. The van der Waals surface area contributed by atoms with Gasteiger partial charge in [-0.05, 0) is 18.2 Å². The molecular weight excluding hydrogens is 228 g/mol. The van der Waals surface area contributed by atoms with E-state index in [1.54, 1.807) is 6.07 Å². The minimum atomic E-state index is -0.225. The summed E-state index contributed by atoms with van der Waals surface area (Å²) in [6, 6.07) is 4.43. The number of amides is 1. The lowest BCUT2D eigenvalue weighted by Crippen LogP contribution is -2.28. The van der Waals surface area contributed by atoms with Crippen molar-refractivity contribution in [2.45, 2.75) is 0 Å². The molecule has 0 saturated heterocycles. The quantitative estimate of drug-likeness (QED) is 0.420. The lowest BCUT2D eigenvalue weighted by Gasteiger charge is -2.06. The molecule has 1 aromatic carbocycles. The van der Waals surface area contributed by atoms with Crippen LogP contribution >= 0.6 is 11.6 Å². The largest absolute Gasteiger partial charge is 0.506 e. The van der Waals surface area contributed by atoms with Gasteiger partial charge in [-0.1, -0.05) is 17.5 Å². The Bertz CT molecular complexity index is 426. The van der Waals surface area contributed by atoms with E-state index in [0.717, 1.165) is 0 Å². The average Bonchev–Trinajstić information content (AvgIpc) is 2.24. The number of aromatic hydroxyl groups is 1. The van der Waals surface area contributed by atoms with Crippen LogP contribution in [0.3, 0.4) is 0 Å². The predicted molar refractivity (Wildman–Crippen MR) is 63.4 cm³/mol. The van der Waals surface area contributed by atoms with Crippen molar-refractivity contribution in [3.05, 3.63) is 23.2 Å². The molecule has 0 aliphatic heterocycles. The topological polar surface area (TPSA) is 61.4 Å². The Morgan fingerprint density at radius 2 is 2.31 bits per heavy atom. The smallest absolute Gasteiger partial charge is 0.238 e. The highest BCUT2D eigenvalue weighted by molar-refractivity contribution is 6.32. The van der Waals surface area contributed by atoms with Crippen LogP contribution in [0.2, 0.25) is 5.02 Å². The van der Waals surface area contributed by atoms with E-state index in [1.165, 1.54) is 12.1 Å². The van der Waals surface area contributed by atoms with E-state index in [1.807, 2.05) is 0 Å². The Balaban J connectivity index is 2.50. The van der Waals surface area contributed by atoms with Gasteiger partial charge < -0.3 is 10.4 Å². The molecule has 1 amide bonds. The Morgan fingerprint density at radius 1 is 1.56 bits per heavy atom. The average molecular weight is 239 g/mol. The van der Waals surface area contributed by atoms with Crippen LogP contribution in [0.15, 0.2) is 18.2 Å². The van der Waals surface area contributed by atoms with Crippen molar-refractivity contribution in [2.24, 2.45) is 0 Å². The van der Waals surface area contributed by atoms with Crippen LogP contribution in [-0.2, 0) is 4.79 Å². The summed E-state index contributed by atoms with van der Waals surface area (Å²) in [7, 11) is 0. The molecule has 0 radical (unpaired) electrons. The van der Waals surface area contributed by atoms with E-state index in [0.29, 0.717) is 12.2 Å². The van der Waals surface area contributed by atoms with Crippen molar-refractivity contribution in [3.63, 3.8) is 0 Å². The molecule has 0 fully saturated rings. The number of phenols is 1. The number of terminal acetylenes is 1. The van der Waals surface area contributed by atoms with Crippen LogP contribution in [0.5, 0.6) is 5.75 Å². The minimum Gasteiger partial charge on any atom is -0.506 e. The fourth-order valence-corrected chi connectivity index (χ4v) is 1.22. The predicted octanol–water partition coefficient (Wildman–Crippen LogP) is 1.21. The SMILES string of the molecule is C#CCNCC(=O)Nc1ccc(O)c(Cl)c1. The van der Waals surface area contributed by atoms with Crippen LogP contribution < -0.4 is 10.6 Å². The summed E-state index contributed by atoms with van der Waals surface area (Å²) in [5.41, 5.74) is 0.523. The second-order valence-corrected chi connectivity index (χ2v) is 3.43. The molecule has 16 heavy (non-hydrogen) atoms. The molecule has 0 bridgehead atoms. The van der Waals surface area contributed by atoms with Gasteiger partial charge in [0.15, 0.2) is 0 Å². The fraction of sp³-hybridized carbons (Fsp3) is 0.182. The van der Waals surface area contributed by atoms with E-state index in [9.17, 15) is 9.90 Å². The Hall–Kier alpha value is -1.70. The number of anilines is 1. The first kappa shape index (κ1) is 12.4. The van der Waals surface area contributed by atoms with Gasteiger partial charge in [0.1, 0.15) is 5.75 Å². The van der Waals surface area contributed by atoms with Gasteiger partial charge in [0.05, 0.1) is 18.1 Å². The molecule has 0 aliphatic carbocycles. The van der Waals surface area contributed by atoms with Gasteiger partial charge in [-0.3, -0.25) is 10.1 Å². The van der Waals surface area contributed by atoms with Crippen molar-refractivity contribution >= 4 is 23.2 Å². The van der Waals surface area contributed by atoms with Crippen molar-refractivity contribution in [1.82, 2.24) is 5.32 Å². The number of rotatable bonds is 4. The van der Waals surface area contributed by atoms with Crippen molar-refractivity contribution in [2.75, 3.05) is 18.4 Å². The van der Waals surface area contributed by atoms with Gasteiger partial charge in [-0.15, -0.1) is 6.42 Å². The number of hydrogen-bond donors (Lipinski definition) is 3. The molecule has 0 atom stereocenters. The highest BCUT2D eigenvalue weighted by Crippen LogP contribution is 2.25. The number of phenolic OH excluding ortho intramolecular Hbond substituents is 1. The first-order chi connectivity index (χ1) is 7.63. The Morgan fingerprint density at radius 3 is 2.94 bits per heavy atom. The summed E-state index contributed by atoms with van der Waals surface area (Å²) in [5.74, 6) is 2.11. The number of carbonyl (C=O) groups excluding carboxylic acids is 1. The molecule has 84 valence electrons. The number of nitrogens with one attached hydrogen (secondary N) is 2. The standard InChI is InChI=1S/C11H11ClN2O2/c1-2-5-13-7-11(16)14-8-3-4-10(15)9(12)6-8/h1,3-4,6,13,15H,5,7H2,(H,14,16). The number of carbonyl (C=O) groups is 1. The number of benzene rings is 1. The number of halogens is 1. The van der Waals surface area contributed by atoms with Gasteiger partial charge in [0.2, 0.25) is 5.91 Å². The van der Waals surface area contributed by atoms with Crippen LogP contribution in [0, 0.1) is 12.3 Å². The van der Waals surface area contributed by atoms with E-state index in [2.05, 4.69) is 16.6 Å². The minimum absolute atomic E-state index is 0.0230. The van der Waals surface area contributed by atoms with Crippen LogP contribution in [0.4, 0.5) is 5.69 Å².